The standard InChI is InChI=1S/C12H9NO4S/c14-10(15)7-13-11(16)9(18-12(13)17)6-8-4-2-1-3-5-8/h1-6H,7H2,(H,14,15). The quantitative estimate of drug-likeness (QED) is 0.842. The number of carbonyl (C=O) groups excluding carboxylic acids is 2. The van der Waals surface area contributed by atoms with E-state index in [0.717, 1.165) is 22.2 Å². The Bertz CT molecular complexity index is 538. The van der Waals surface area contributed by atoms with Crippen LogP contribution in [-0.4, -0.2) is 33.7 Å². The Kier molecular flexibility index (Phi) is 3.47. The summed E-state index contributed by atoms with van der Waals surface area (Å²) in [6, 6.07) is 9.06. The Morgan fingerprint density at radius 1 is 1.28 bits per heavy atom. The summed E-state index contributed by atoms with van der Waals surface area (Å²) in [5.74, 6) is -1.77. The summed E-state index contributed by atoms with van der Waals surface area (Å²) in [4.78, 5) is 34.8. The van der Waals surface area contributed by atoms with Crippen molar-refractivity contribution < 1.29 is 19.5 Å². The van der Waals surface area contributed by atoms with Crippen LogP contribution in [0.5, 0.6) is 0 Å². The normalized spacial score (nSPS) is 17.6. The summed E-state index contributed by atoms with van der Waals surface area (Å²) in [6.07, 6.45) is 1.58. The molecule has 0 saturated carbocycles. The molecule has 1 aromatic carbocycles. The van der Waals surface area contributed by atoms with Crippen LogP contribution in [0.2, 0.25) is 0 Å². The minimum atomic E-state index is -1.21. The molecule has 2 amide bonds. The molecule has 1 heterocycles. The van der Waals surface area contributed by atoms with Gasteiger partial charge in [-0.05, 0) is 23.4 Å². The van der Waals surface area contributed by atoms with Crippen LogP contribution >= 0.6 is 11.8 Å². The molecule has 18 heavy (non-hydrogen) atoms. The number of nitrogens with zero attached hydrogens (tertiary/aromatic N) is 1. The van der Waals surface area contributed by atoms with Crippen molar-refractivity contribution in [1.82, 2.24) is 4.90 Å². The summed E-state index contributed by atoms with van der Waals surface area (Å²) in [6.45, 7) is -0.600. The van der Waals surface area contributed by atoms with Gasteiger partial charge in [-0.2, -0.15) is 0 Å². The fourth-order valence-electron chi connectivity index (χ4n) is 1.47. The van der Waals surface area contributed by atoms with Crippen molar-refractivity contribution in [3.63, 3.8) is 0 Å². The molecule has 1 fully saturated rings. The van der Waals surface area contributed by atoms with E-state index < -0.39 is 23.7 Å². The first kappa shape index (κ1) is 12.4. The molecule has 0 radical (unpaired) electrons. The van der Waals surface area contributed by atoms with Gasteiger partial charge >= 0.3 is 5.97 Å². The van der Waals surface area contributed by atoms with E-state index in [4.69, 9.17) is 5.11 Å². The number of carbonyl (C=O) groups is 3. The van der Waals surface area contributed by atoms with Crippen molar-refractivity contribution in [1.29, 1.82) is 0 Å². The summed E-state index contributed by atoms with van der Waals surface area (Å²) in [7, 11) is 0. The molecule has 2 rings (SSSR count). The lowest BCUT2D eigenvalue weighted by molar-refractivity contribution is -0.140. The van der Waals surface area contributed by atoms with Gasteiger partial charge < -0.3 is 5.11 Å². The summed E-state index contributed by atoms with van der Waals surface area (Å²) >= 11 is 0.754. The molecule has 6 heteroatoms. The van der Waals surface area contributed by atoms with Gasteiger partial charge in [0, 0.05) is 0 Å². The number of aliphatic carboxylic acids is 1. The zero-order valence-electron chi connectivity index (χ0n) is 9.20. The van der Waals surface area contributed by atoms with Gasteiger partial charge in [0.25, 0.3) is 11.1 Å². The number of hydrogen-bond acceptors (Lipinski definition) is 4. The van der Waals surface area contributed by atoms with Crippen LogP contribution in [0.25, 0.3) is 6.08 Å². The van der Waals surface area contributed by atoms with Crippen LogP contribution in [-0.2, 0) is 9.59 Å². The predicted molar refractivity (Wildman–Crippen MR) is 66.8 cm³/mol. The highest BCUT2D eigenvalue weighted by molar-refractivity contribution is 8.18. The second-order valence-corrected chi connectivity index (χ2v) is 4.57. The first-order valence-electron chi connectivity index (χ1n) is 5.10. The van der Waals surface area contributed by atoms with Gasteiger partial charge in [-0.15, -0.1) is 0 Å². The van der Waals surface area contributed by atoms with E-state index in [1.165, 1.54) is 0 Å². The molecular formula is C12H9NO4S. The van der Waals surface area contributed by atoms with E-state index in [-0.39, 0.29) is 4.91 Å². The summed E-state index contributed by atoms with van der Waals surface area (Å²) in [5.41, 5.74) is 0.790. The average Bonchev–Trinajstić information content (AvgIpc) is 2.58. The number of thioether (sulfide) groups is 1. The Labute approximate surface area is 107 Å². The maximum atomic E-state index is 11.8. The van der Waals surface area contributed by atoms with Crippen molar-refractivity contribution in [2.45, 2.75) is 0 Å². The second-order valence-electron chi connectivity index (χ2n) is 3.57. The zero-order valence-corrected chi connectivity index (χ0v) is 10.0. The van der Waals surface area contributed by atoms with Crippen LogP contribution in [0.15, 0.2) is 35.2 Å². The minimum Gasteiger partial charge on any atom is -0.480 e. The highest BCUT2D eigenvalue weighted by Crippen LogP contribution is 2.31. The monoisotopic (exact) mass is 263 g/mol. The number of rotatable bonds is 3. The van der Waals surface area contributed by atoms with E-state index in [2.05, 4.69) is 0 Å². The third kappa shape index (κ3) is 2.60. The lowest BCUT2D eigenvalue weighted by Gasteiger charge is -2.07. The van der Waals surface area contributed by atoms with Crippen molar-refractivity contribution in [3.8, 4) is 0 Å². The number of hydrogen-bond donors (Lipinski definition) is 1. The fraction of sp³-hybridized carbons (Fsp3) is 0.0833. The SMILES string of the molecule is O=C(O)CN1C(=O)SC(=Cc2ccccc2)C1=O. The molecule has 1 aromatic rings. The third-order valence-electron chi connectivity index (χ3n) is 2.26. The van der Waals surface area contributed by atoms with E-state index in [1.807, 2.05) is 18.2 Å². The van der Waals surface area contributed by atoms with Gasteiger partial charge in [-0.25, -0.2) is 0 Å². The predicted octanol–water partition coefficient (Wildman–Crippen LogP) is 1.81. The Hall–Kier alpha value is -2.08. The van der Waals surface area contributed by atoms with Crippen LogP contribution in [0, 0.1) is 0 Å². The lowest BCUT2D eigenvalue weighted by Crippen LogP contribution is -2.33. The molecule has 92 valence electrons. The fourth-order valence-corrected chi connectivity index (χ4v) is 2.31. The second kappa shape index (κ2) is 5.05. The largest absolute Gasteiger partial charge is 0.480 e. The van der Waals surface area contributed by atoms with E-state index >= 15 is 0 Å². The molecule has 1 aliphatic rings. The molecule has 1 N–H and O–H groups in total. The van der Waals surface area contributed by atoms with Gasteiger partial charge in [0.15, 0.2) is 0 Å². The molecule has 0 spiro atoms. The van der Waals surface area contributed by atoms with Crippen LogP contribution in [0.1, 0.15) is 5.56 Å². The average molecular weight is 263 g/mol. The topological polar surface area (TPSA) is 74.7 Å². The molecular weight excluding hydrogens is 254 g/mol. The van der Waals surface area contributed by atoms with E-state index in [0.29, 0.717) is 0 Å². The van der Waals surface area contributed by atoms with Gasteiger partial charge in [-0.1, -0.05) is 30.3 Å². The van der Waals surface area contributed by atoms with Crippen molar-refractivity contribution in [3.05, 3.63) is 40.8 Å². The molecule has 0 aromatic heterocycles. The number of benzene rings is 1. The van der Waals surface area contributed by atoms with Gasteiger partial charge in [0.2, 0.25) is 0 Å². The third-order valence-corrected chi connectivity index (χ3v) is 3.17. The van der Waals surface area contributed by atoms with Gasteiger partial charge in [0.1, 0.15) is 6.54 Å². The highest BCUT2D eigenvalue weighted by Gasteiger charge is 2.36. The van der Waals surface area contributed by atoms with Gasteiger partial charge in [0.05, 0.1) is 4.91 Å². The maximum Gasteiger partial charge on any atom is 0.323 e. The molecule has 1 aliphatic heterocycles. The van der Waals surface area contributed by atoms with Crippen LogP contribution in [0.3, 0.4) is 0 Å². The van der Waals surface area contributed by atoms with Crippen molar-refractivity contribution >= 4 is 35.0 Å². The summed E-state index contributed by atoms with van der Waals surface area (Å²) < 4.78 is 0. The molecule has 0 bridgehead atoms. The maximum absolute atomic E-state index is 11.8. The van der Waals surface area contributed by atoms with Gasteiger partial charge in [-0.3, -0.25) is 19.3 Å². The molecule has 0 atom stereocenters. The lowest BCUT2D eigenvalue weighted by atomic mass is 10.2. The number of imide groups is 1. The molecule has 0 unspecified atom stereocenters. The zero-order chi connectivity index (χ0) is 13.1. The van der Waals surface area contributed by atoms with Crippen molar-refractivity contribution in [2.75, 3.05) is 6.54 Å². The first-order chi connectivity index (χ1) is 8.58. The molecule has 1 saturated heterocycles. The van der Waals surface area contributed by atoms with Crippen LogP contribution < -0.4 is 0 Å². The Morgan fingerprint density at radius 3 is 2.56 bits per heavy atom. The molecule has 0 aliphatic carbocycles. The molecule has 5 nitrogen and oxygen atoms in total. The van der Waals surface area contributed by atoms with Crippen molar-refractivity contribution in [2.24, 2.45) is 0 Å². The highest BCUT2D eigenvalue weighted by atomic mass is 32.2. The first-order valence-corrected chi connectivity index (χ1v) is 5.92. The Morgan fingerprint density at radius 2 is 1.94 bits per heavy atom. The van der Waals surface area contributed by atoms with E-state index in [1.54, 1.807) is 18.2 Å². The smallest absolute Gasteiger partial charge is 0.323 e. The number of carboxylic acids is 1. The Balaban J connectivity index is 2.23. The number of amides is 2. The number of carboxylic acid groups (broad SMARTS) is 1. The summed E-state index contributed by atoms with van der Waals surface area (Å²) in [5, 5.41) is 8.06. The van der Waals surface area contributed by atoms with E-state index in [9.17, 15) is 14.4 Å². The minimum absolute atomic E-state index is 0.243. The van der Waals surface area contributed by atoms with Crippen LogP contribution in [0.4, 0.5) is 4.79 Å².